The molecule has 0 saturated heterocycles. The van der Waals surface area contributed by atoms with Crippen molar-refractivity contribution in [3.8, 4) is 0 Å². The number of halogens is 1. The smallest absolute Gasteiger partial charge is 0.252 e. The Bertz CT molecular complexity index is 1070. The molecule has 2 aromatic carbocycles. The molecule has 3 rings (SSSR count). The SMILES string of the molecule is Cc1ccc2[nH]c(=O)c(CNS(=O)(=O)c3cccc(Cl)c3)cc2c1. The zero-order valence-corrected chi connectivity index (χ0v) is 14.4. The van der Waals surface area contributed by atoms with E-state index in [2.05, 4.69) is 9.71 Å². The molecule has 0 saturated carbocycles. The molecule has 0 spiro atoms. The van der Waals surface area contributed by atoms with Crippen LogP contribution in [0.5, 0.6) is 0 Å². The third-order valence-electron chi connectivity index (χ3n) is 3.64. The number of sulfonamides is 1. The van der Waals surface area contributed by atoms with Crippen LogP contribution in [0.15, 0.2) is 58.2 Å². The van der Waals surface area contributed by atoms with Gasteiger partial charge in [0.05, 0.1) is 4.90 Å². The summed E-state index contributed by atoms with van der Waals surface area (Å²) < 4.78 is 27.0. The van der Waals surface area contributed by atoms with E-state index in [0.29, 0.717) is 16.1 Å². The van der Waals surface area contributed by atoms with E-state index in [-0.39, 0.29) is 17.0 Å². The van der Waals surface area contributed by atoms with Gasteiger partial charge in [-0.1, -0.05) is 29.3 Å². The molecule has 5 nitrogen and oxygen atoms in total. The molecular formula is C17H15ClN2O3S. The van der Waals surface area contributed by atoms with Crippen LogP contribution in [-0.4, -0.2) is 13.4 Å². The summed E-state index contributed by atoms with van der Waals surface area (Å²) in [5, 5.41) is 1.18. The van der Waals surface area contributed by atoms with Gasteiger partial charge in [0, 0.05) is 22.6 Å². The van der Waals surface area contributed by atoms with Crippen LogP contribution >= 0.6 is 11.6 Å². The van der Waals surface area contributed by atoms with Gasteiger partial charge in [0.15, 0.2) is 0 Å². The van der Waals surface area contributed by atoms with Crippen LogP contribution in [-0.2, 0) is 16.6 Å². The van der Waals surface area contributed by atoms with E-state index in [1.807, 2.05) is 25.1 Å². The molecule has 0 fully saturated rings. The monoisotopic (exact) mass is 362 g/mol. The standard InChI is InChI=1S/C17H15ClN2O3S/c1-11-5-6-16-12(7-11)8-13(17(21)20-16)10-19-24(22,23)15-4-2-3-14(18)9-15/h2-9,19H,10H2,1H3,(H,20,21). The van der Waals surface area contributed by atoms with Crippen molar-refractivity contribution >= 4 is 32.5 Å². The molecule has 2 N–H and O–H groups in total. The number of rotatable bonds is 4. The molecule has 1 aromatic heterocycles. The first-order valence-corrected chi connectivity index (χ1v) is 9.09. The van der Waals surface area contributed by atoms with E-state index in [4.69, 9.17) is 11.6 Å². The van der Waals surface area contributed by atoms with Crippen LogP contribution in [0.25, 0.3) is 10.9 Å². The number of H-pyrrole nitrogens is 1. The predicted molar refractivity (Wildman–Crippen MR) is 94.8 cm³/mol. The lowest BCUT2D eigenvalue weighted by Crippen LogP contribution is -2.27. The number of benzene rings is 2. The van der Waals surface area contributed by atoms with Gasteiger partial charge in [-0.05, 0) is 48.7 Å². The number of aromatic amines is 1. The van der Waals surface area contributed by atoms with Gasteiger partial charge in [0.25, 0.3) is 5.56 Å². The average Bonchev–Trinajstić information content (AvgIpc) is 2.53. The molecule has 24 heavy (non-hydrogen) atoms. The highest BCUT2D eigenvalue weighted by atomic mass is 35.5. The Kier molecular flexibility index (Phi) is 4.45. The highest BCUT2D eigenvalue weighted by Crippen LogP contribution is 2.16. The maximum absolute atomic E-state index is 12.3. The maximum Gasteiger partial charge on any atom is 0.252 e. The van der Waals surface area contributed by atoms with Crippen molar-refractivity contribution in [2.24, 2.45) is 0 Å². The van der Waals surface area contributed by atoms with Crippen LogP contribution in [0.4, 0.5) is 0 Å². The van der Waals surface area contributed by atoms with Crippen molar-refractivity contribution in [3.05, 3.63) is 75.0 Å². The predicted octanol–water partition coefficient (Wildman–Crippen LogP) is 2.97. The number of hydrogen-bond donors (Lipinski definition) is 2. The zero-order chi connectivity index (χ0) is 17.3. The molecule has 1 heterocycles. The summed E-state index contributed by atoms with van der Waals surface area (Å²) in [6.07, 6.45) is 0. The van der Waals surface area contributed by atoms with Gasteiger partial charge in [-0.3, -0.25) is 4.79 Å². The molecule has 0 amide bonds. The molecule has 7 heteroatoms. The summed E-state index contributed by atoms with van der Waals surface area (Å²) >= 11 is 5.83. The quantitative estimate of drug-likeness (QED) is 0.748. The summed E-state index contributed by atoms with van der Waals surface area (Å²) in [6, 6.07) is 13.3. The highest BCUT2D eigenvalue weighted by Gasteiger charge is 2.15. The van der Waals surface area contributed by atoms with E-state index in [1.165, 1.54) is 12.1 Å². The topological polar surface area (TPSA) is 79.0 Å². The van der Waals surface area contributed by atoms with Gasteiger partial charge in [0.2, 0.25) is 10.0 Å². The summed E-state index contributed by atoms with van der Waals surface area (Å²) in [5.41, 5.74) is 1.80. The van der Waals surface area contributed by atoms with Crippen LogP contribution in [0.2, 0.25) is 5.02 Å². The van der Waals surface area contributed by atoms with E-state index in [1.54, 1.807) is 18.2 Å². The molecule has 0 aliphatic carbocycles. The minimum atomic E-state index is -3.75. The number of aryl methyl sites for hydroxylation is 1. The van der Waals surface area contributed by atoms with Gasteiger partial charge < -0.3 is 4.98 Å². The Labute approximate surface area is 144 Å². The van der Waals surface area contributed by atoms with Crippen molar-refractivity contribution in [1.29, 1.82) is 0 Å². The van der Waals surface area contributed by atoms with Crippen molar-refractivity contribution in [2.45, 2.75) is 18.4 Å². The third kappa shape index (κ3) is 3.51. The summed E-state index contributed by atoms with van der Waals surface area (Å²) in [6.45, 7) is 1.85. The molecular weight excluding hydrogens is 348 g/mol. The molecule has 0 unspecified atom stereocenters. The second-order valence-corrected chi connectivity index (χ2v) is 7.70. The largest absolute Gasteiger partial charge is 0.322 e. The minimum Gasteiger partial charge on any atom is -0.322 e. The highest BCUT2D eigenvalue weighted by molar-refractivity contribution is 7.89. The van der Waals surface area contributed by atoms with Gasteiger partial charge in [-0.25, -0.2) is 13.1 Å². The second kappa shape index (κ2) is 6.39. The molecule has 3 aromatic rings. The zero-order valence-electron chi connectivity index (χ0n) is 12.8. The van der Waals surface area contributed by atoms with E-state index in [0.717, 1.165) is 10.9 Å². The Morgan fingerprint density at radius 1 is 1.12 bits per heavy atom. The number of aromatic nitrogens is 1. The molecule has 0 bridgehead atoms. The van der Waals surface area contributed by atoms with E-state index >= 15 is 0 Å². The molecule has 124 valence electrons. The van der Waals surface area contributed by atoms with Crippen molar-refractivity contribution < 1.29 is 8.42 Å². The first-order valence-electron chi connectivity index (χ1n) is 7.23. The number of fused-ring (bicyclic) bond motifs is 1. The molecule has 0 atom stereocenters. The lowest BCUT2D eigenvalue weighted by molar-refractivity contribution is 0.581. The van der Waals surface area contributed by atoms with Gasteiger partial charge in [0.1, 0.15) is 0 Å². The summed E-state index contributed by atoms with van der Waals surface area (Å²) in [7, 11) is -3.75. The molecule has 0 aliphatic heterocycles. The van der Waals surface area contributed by atoms with E-state index in [9.17, 15) is 13.2 Å². The average molecular weight is 363 g/mol. The Morgan fingerprint density at radius 2 is 1.92 bits per heavy atom. The van der Waals surface area contributed by atoms with Gasteiger partial charge in [-0.2, -0.15) is 0 Å². The fourth-order valence-corrected chi connectivity index (χ4v) is 3.70. The van der Waals surface area contributed by atoms with Crippen LogP contribution in [0.3, 0.4) is 0 Å². The fourth-order valence-electron chi connectivity index (χ4n) is 2.39. The number of hydrogen-bond acceptors (Lipinski definition) is 3. The van der Waals surface area contributed by atoms with E-state index < -0.39 is 10.0 Å². The van der Waals surface area contributed by atoms with Crippen molar-refractivity contribution in [1.82, 2.24) is 9.71 Å². The third-order valence-corrected chi connectivity index (χ3v) is 5.27. The fraction of sp³-hybridized carbons (Fsp3) is 0.118. The first-order chi connectivity index (χ1) is 11.3. The maximum atomic E-state index is 12.3. The molecule has 0 aliphatic rings. The lowest BCUT2D eigenvalue weighted by Gasteiger charge is -2.08. The normalized spacial score (nSPS) is 11.8. The van der Waals surface area contributed by atoms with Crippen molar-refractivity contribution in [2.75, 3.05) is 0 Å². The first kappa shape index (κ1) is 16.7. The minimum absolute atomic E-state index is 0.0584. The Balaban J connectivity index is 1.90. The Morgan fingerprint density at radius 3 is 2.67 bits per heavy atom. The van der Waals surface area contributed by atoms with Crippen LogP contribution < -0.4 is 10.3 Å². The summed E-state index contributed by atoms with van der Waals surface area (Å²) in [5.74, 6) is 0. The number of pyridine rings is 1. The molecule has 0 radical (unpaired) electrons. The summed E-state index contributed by atoms with van der Waals surface area (Å²) in [4.78, 5) is 14.9. The Hall–Kier alpha value is -2.15. The number of nitrogens with one attached hydrogen (secondary N) is 2. The lowest BCUT2D eigenvalue weighted by atomic mass is 10.1. The van der Waals surface area contributed by atoms with Crippen molar-refractivity contribution in [3.63, 3.8) is 0 Å². The second-order valence-electron chi connectivity index (χ2n) is 5.50. The van der Waals surface area contributed by atoms with Crippen LogP contribution in [0.1, 0.15) is 11.1 Å². The van der Waals surface area contributed by atoms with Gasteiger partial charge in [-0.15, -0.1) is 0 Å². The van der Waals surface area contributed by atoms with Crippen LogP contribution in [0, 0.1) is 6.92 Å². The van der Waals surface area contributed by atoms with Gasteiger partial charge >= 0.3 is 0 Å².